The predicted octanol–water partition coefficient (Wildman–Crippen LogP) is 1.17. The van der Waals surface area contributed by atoms with Crippen molar-refractivity contribution in [1.82, 2.24) is 5.32 Å². The molecule has 0 aliphatic carbocycles. The second kappa shape index (κ2) is 3.14. The van der Waals surface area contributed by atoms with Crippen molar-refractivity contribution >= 4 is 28.8 Å². The first-order valence-electron chi connectivity index (χ1n) is 3.94. The van der Waals surface area contributed by atoms with Crippen LogP contribution in [0.1, 0.15) is 10.4 Å². The molecule has 13 heavy (non-hydrogen) atoms. The number of amides is 1. The summed E-state index contributed by atoms with van der Waals surface area (Å²) in [6, 6.07) is 7.31. The molecular weight excluding hydrogens is 184 g/mol. The van der Waals surface area contributed by atoms with E-state index in [9.17, 15) is 4.79 Å². The fourth-order valence-electron chi connectivity index (χ4n) is 1.24. The molecule has 0 bridgehead atoms. The van der Waals surface area contributed by atoms with Crippen molar-refractivity contribution in [1.29, 1.82) is 0 Å². The van der Waals surface area contributed by atoms with Gasteiger partial charge in [-0.25, -0.2) is 0 Å². The summed E-state index contributed by atoms with van der Waals surface area (Å²) in [5, 5.41) is 5.71. The van der Waals surface area contributed by atoms with E-state index in [0.29, 0.717) is 17.1 Å². The molecule has 1 aromatic rings. The highest BCUT2D eigenvalue weighted by atomic mass is 32.1. The number of fused-ring (bicyclic) bond motifs is 1. The van der Waals surface area contributed by atoms with Gasteiger partial charge >= 0.3 is 0 Å². The Morgan fingerprint density at radius 1 is 1.31 bits per heavy atom. The summed E-state index contributed by atoms with van der Waals surface area (Å²) in [5.41, 5.74) is 1.42. The minimum Gasteiger partial charge on any atom is -0.348 e. The van der Waals surface area contributed by atoms with E-state index < -0.39 is 0 Å². The van der Waals surface area contributed by atoms with Crippen LogP contribution in [0.2, 0.25) is 0 Å². The van der Waals surface area contributed by atoms with Crippen LogP contribution in [-0.4, -0.2) is 17.4 Å². The fraction of sp³-hybridized carbons (Fsp3) is 0.111. The first-order valence-corrected chi connectivity index (χ1v) is 4.35. The van der Waals surface area contributed by atoms with Gasteiger partial charge in [-0.15, -0.1) is 0 Å². The maximum atomic E-state index is 11.4. The van der Waals surface area contributed by atoms with Crippen molar-refractivity contribution in [3.63, 3.8) is 0 Å². The Balaban J connectivity index is 2.49. The topological polar surface area (TPSA) is 41.1 Å². The van der Waals surface area contributed by atoms with Crippen LogP contribution in [0, 0.1) is 0 Å². The summed E-state index contributed by atoms with van der Waals surface area (Å²) in [5.74, 6) is -0.0806. The molecule has 0 spiro atoms. The van der Waals surface area contributed by atoms with Gasteiger partial charge in [0.15, 0.2) is 0 Å². The van der Waals surface area contributed by atoms with Gasteiger partial charge in [0.05, 0.1) is 22.8 Å². The summed E-state index contributed by atoms with van der Waals surface area (Å²) in [6.45, 7) is 0.406. The van der Waals surface area contributed by atoms with E-state index in [-0.39, 0.29) is 5.91 Å². The quantitative estimate of drug-likeness (QED) is 0.606. The molecule has 1 heterocycles. The lowest BCUT2D eigenvalue weighted by Gasteiger charge is -2.03. The zero-order valence-corrected chi connectivity index (χ0v) is 7.65. The van der Waals surface area contributed by atoms with Crippen molar-refractivity contribution in [2.75, 3.05) is 11.9 Å². The molecule has 0 saturated heterocycles. The van der Waals surface area contributed by atoms with Gasteiger partial charge in [0.25, 0.3) is 5.91 Å². The highest BCUT2D eigenvalue weighted by Crippen LogP contribution is 2.16. The lowest BCUT2D eigenvalue weighted by atomic mass is 10.2. The van der Waals surface area contributed by atoms with Crippen LogP contribution in [-0.2, 0) is 0 Å². The summed E-state index contributed by atoms with van der Waals surface area (Å²) in [6.07, 6.45) is 0. The zero-order valence-electron chi connectivity index (χ0n) is 6.83. The van der Waals surface area contributed by atoms with Crippen molar-refractivity contribution in [2.45, 2.75) is 0 Å². The number of thiocarbonyl (C=S) groups is 1. The van der Waals surface area contributed by atoms with Crippen molar-refractivity contribution < 1.29 is 4.79 Å². The molecule has 1 aromatic carbocycles. The van der Waals surface area contributed by atoms with Crippen LogP contribution >= 0.6 is 12.2 Å². The van der Waals surface area contributed by atoms with Gasteiger partial charge in [-0.1, -0.05) is 24.4 Å². The molecule has 1 aliphatic heterocycles. The van der Waals surface area contributed by atoms with Gasteiger partial charge in [-0.3, -0.25) is 4.79 Å². The molecule has 0 radical (unpaired) electrons. The Labute approximate surface area is 81.1 Å². The Morgan fingerprint density at radius 2 is 2.08 bits per heavy atom. The van der Waals surface area contributed by atoms with Gasteiger partial charge in [0, 0.05) is 0 Å². The van der Waals surface area contributed by atoms with Crippen LogP contribution in [0.15, 0.2) is 24.3 Å². The van der Waals surface area contributed by atoms with E-state index >= 15 is 0 Å². The van der Waals surface area contributed by atoms with Gasteiger partial charge in [0.2, 0.25) is 0 Å². The molecular formula is C9H8N2OS. The summed E-state index contributed by atoms with van der Waals surface area (Å²) in [7, 11) is 0. The van der Waals surface area contributed by atoms with E-state index in [1.54, 1.807) is 6.07 Å². The average molecular weight is 192 g/mol. The molecule has 4 heteroatoms. The molecule has 1 aliphatic rings. The molecule has 66 valence electrons. The number of carbonyl (C=O) groups excluding carboxylic acids is 1. The Kier molecular flexibility index (Phi) is 1.98. The lowest BCUT2D eigenvalue weighted by Crippen LogP contribution is -2.27. The monoisotopic (exact) mass is 192 g/mol. The number of carbonyl (C=O) groups is 1. The highest BCUT2D eigenvalue weighted by Gasteiger charge is 2.15. The smallest absolute Gasteiger partial charge is 0.253 e. The predicted molar refractivity (Wildman–Crippen MR) is 55.0 cm³/mol. The van der Waals surface area contributed by atoms with Crippen LogP contribution < -0.4 is 10.6 Å². The standard InChI is InChI=1S/C9H8N2OS/c12-9-6-3-1-2-4-7(6)11-8(13)5-10-9/h1-4H,5H2,(H,10,12)(H,11,13). The molecule has 0 atom stereocenters. The maximum Gasteiger partial charge on any atom is 0.253 e. The van der Waals surface area contributed by atoms with E-state index in [1.165, 1.54) is 0 Å². The van der Waals surface area contributed by atoms with E-state index in [4.69, 9.17) is 12.2 Å². The van der Waals surface area contributed by atoms with Crippen molar-refractivity contribution in [3.8, 4) is 0 Å². The summed E-state index contributed by atoms with van der Waals surface area (Å²) in [4.78, 5) is 12.1. The fourth-order valence-corrected chi connectivity index (χ4v) is 1.42. The van der Waals surface area contributed by atoms with Gasteiger partial charge < -0.3 is 10.6 Å². The Hall–Kier alpha value is -1.42. The molecule has 2 rings (SSSR count). The molecule has 1 amide bonds. The lowest BCUT2D eigenvalue weighted by molar-refractivity contribution is 0.0961. The summed E-state index contributed by atoms with van der Waals surface area (Å²) >= 11 is 5.00. The third kappa shape index (κ3) is 1.53. The first-order chi connectivity index (χ1) is 6.27. The maximum absolute atomic E-state index is 11.4. The van der Waals surface area contributed by atoms with Crippen molar-refractivity contribution in [3.05, 3.63) is 29.8 Å². The van der Waals surface area contributed by atoms with Crippen LogP contribution in [0.25, 0.3) is 0 Å². The van der Waals surface area contributed by atoms with Crippen LogP contribution in [0.3, 0.4) is 0 Å². The van der Waals surface area contributed by atoms with Crippen LogP contribution in [0.4, 0.5) is 5.69 Å². The highest BCUT2D eigenvalue weighted by molar-refractivity contribution is 7.80. The van der Waals surface area contributed by atoms with Crippen molar-refractivity contribution in [2.24, 2.45) is 0 Å². The molecule has 3 nitrogen and oxygen atoms in total. The zero-order chi connectivity index (χ0) is 9.26. The second-order valence-corrected chi connectivity index (χ2v) is 3.27. The minimum absolute atomic E-state index is 0.0806. The number of nitrogens with one attached hydrogen (secondary N) is 2. The SMILES string of the molecule is O=C1NCC(=S)Nc2ccccc21. The Morgan fingerprint density at radius 3 is 2.92 bits per heavy atom. The number of hydrogen-bond donors (Lipinski definition) is 2. The summed E-state index contributed by atoms with van der Waals surface area (Å²) < 4.78 is 0. The first kappa shape index (κ1) is 8.19. The number of benzene rings is 1. The normalized spacial score (nSPS) is 15.4. The Bertz CT molecular complexity index is 376. The third-order valence-electron chi connectivity index (χ3n) is 1.86. The second-order valence-electron chi connectivity index (χ2n) is 2.78. The average Bonchev–Trinajstić information content (AvgIpc) is 2.27. The van der Waals surface area contributed by atoms with E-state index in [1.807, 2.05) is 18.2 Å². The molecule has 0 aromatic heterocycles. The van der Waals surface area contributed by atoms with Gasteiger partial charge in [-0.05, 0) is 12.1 Å². The van der Waals surface area contributed by atoms with Crippen LogP contribution in [0.5, 0.6) is 0 Å². The molecule has 2 N–H and O–H groups in total. The largest absolute Gasteiger partial charge is 0.348 e. The van der Waals surface area contributed by atoms with Gasteiger partial charge in [-0.2, -0.15) is 0 Å². The molecule has 0 unspecified atom stereocenters. The van der Waals surface area contributed by atoms with Gasteiger partial charge in [0.1, 0.15) is 0 Å². The number of para-hydroxylation sites is 1. The minimum atomic E-state index is -0.0806. The number of hydrogen-bond acceptors (Lipinski definition) is 2. The third-order valence-corrected chi connectivity index (χ3v) is 2.10. The molecule has 0 saturated carbocycles. The number of anilines is 1. The molecule has 0 fully saturated rings. The van der Waals surface area contributed by atoms with E-state index in [0.717, 1.165) is 5.69 Å². The number of rotatable bonds is 0. The van der Waals surface area contributed by atoms with E-state index in [2.05, 4.69) is 10.6 Å².